The minimum atomic E-state index is -0.387. The number of aryl methyl sites for hydroxylation is 4. The third-order valence-electron chi connectivity index (χ3n) is 5.01. The van der Waals surface area contributed by atoms with Crippen molar-refractivity contribution < 1.29 is 14.3 Å². The van der Waals surface area contributed by atoms with Gasteiger partial charge in [0.15, 0.2) is 6.61 Å². The summed E-state index contributed by atoms with van der Waals surface area (Å²) in [6.45, 7) is 7.95. The van der Waals surface area contributed by atoms with Crippen LogP contribution in [-0.4, -0.2) is 18.4 Å². The van der Waals surface area contributed by atoms with E-state index in [0.29, 0.717) is 16.4 Å². The highest BCUT2D eigenvalue weighted by Crippen LogP contribution is 2.32. The highest BCUT2D eigenvalue weighted by Gasteiger charge is 2.22. The SMILES string of the molecule is Cc1cc(C)c(C(=O)COC(=O)c2cc3c(s2)CCC(C)C3)cc1C. The van der Waals surface area contributed by atoms with Crippen molar-refractivity contribution in [1.29, 1.82) is 0 Å². The maximum Gasteiger partial charge on any atom is 0.348 e. The minimum absolute atomic E-state index is 0.149. The Bertz CT molecular complexity index is 832. The molecule has 0 spiro atoms. The van der Waals surface area contributed by atoms with Gasteiger partial charge in [0.05, 0.1) is 0 Å². The average molecular weight is 356 g/mol. The lowest BCUT2D eigenvalue weighted by Gasteiger charge is -2.16. The number of rotatable bonds is 4. The van der Waals surface area contributed by atoms with E-state index in [-0.39, 0.29) is 18.4 Å². The molecular formula is C21H24O3S. The molecule has 2 aromatic rings. The molecule has 1 heterocycles. The van der Waals surface area contributed by atoms with Gasteiger partial charge in [0, 0.05) is 10.4 Å². The van der Waals surface area contributed by atoms with Crippen LogP contribution < -0.4 is 0 Å². The molecule has 1 aliphatic carbocycles. The molecule has 25 heavy (non-hydrogen) atoms. The number of Topliss-reactive ketones (excluding diaryl/α,β-unsaturated/α-hetero) is 1. The second-order valence-corrected chi connectivity index (χ2v) is 8.29. The molecule has 0 aliphatic heterocycles. The average Bonchev–Trinajstić information content (AvgIpc) is 2.98. The molecule has 4 heteroatoms. The molecule has 0 radical (unpaired) electrons. The van der Waals surface area contributed by atoms with E-state index in [2.05, 4.69) is 6.92 Å². The zero-order valence-corrected chi connectivity index (χ0v) is 16.1. The number of benzene rings is 1. The summed E-state index contributed by atoms with van der Waals surface area (Å²) in [6, 6.07) is 5.83. The van der Waals surface area contributed by atoms with Gasteiger partial charge < -0.3 is 4.74 Å². The lowest BCUT2D eigenvalue weighted by atomic mass is 9.90. The number of hydrogen-bond donors (Lipinski definition) is 0. The van der Waals surface area contributed by atoms with Crippen LogP contribution in [0, 0.1) is 26.7 Å². The summed E-state index contributed by atoms with van der Waals surface area (Å²) in [5, 5.41) is 0. The molecule has 3 rings (SSSR count). The second kappa shape index (κ2) is 7.12. The van der Waals surface area contributed by atoms with Gasteiger partial charge >= 0.3 is 5.97 Å². The maximum atomic E-state index is 12.4. The summed E-state index contributed by atoms with van der Waals surface area (Å²) >= 11 is 1.51. The summed E-state index contributed by atoms with van der Waals surface area (Å²) < 4.78 is 5.30. The Morgan fingerprint density at radius 3 is 2.60 bits per heavy atom. The van der Waals surface area contributed by atoms with E-state index in [1.165, 1.54) is 28.2 Å². The molecule has 0 bridgehead atoms. The monoisotopic (exact) mass is 356 g/mol. The van der Waals surface area contributed by atoms with Crippen LogP contribution in [0.4, 0.5) is 0 Å². The number of hydrogen-bond acceptors (Lipinski definition) is 4. The second-order valence-electron chi connectivity index (χ2n) is 7.16. The van der Waals surface area contributed by atoms with Gasteiger partial charge in [-0.05, 0) is 80.3 Å². The van der Waals surface area contributed by atoms with Gasteiger partial charge in [-0.1, -0.05) is 13.0 Å². The summed E-state index contributed by atoms with van der Waals surface area (Å²) in [7, 11) is 0. The smallest absolute Gasteiger partial charge is 0.348 e. The first-order valence-corrected chi connectivity index (χ1v) is 9.56. The van der Waals surface area contributed by atoms with E-state index in [4.69, 9.17) is 4.74 Å². The van der Waals surface area contributed by atoms with Gasteiger partial charge in [-0.3, -0.25) is 4.79 Å². The zero-order chi connectivity index (χ0) is 18.1. The van der Waals surface area contributed by atoms with E-state index >= 15 is 0 Å². The van der Waals surface area contributed by atoms with E-state index in [1.54, 1.807) is 0 Å². The van der Waals surface area contributed by atoms with Crippen LogP contribution in [0.5, 0.6) is 0 Å². The Morgan fingerprint density at radius 2 is 1.84 bits per heavy atom. The fourth-order valence-electron chi connectivity index (χ4n) is 3.35. The van der Waals surface area contributed by atoms with E-state index in [0.717, 1.165) is 29.5 Å². The first-order valence-electron chi connectivity index (χ1n) is 8.75. The number of thiophene rings is 1. The molecule has 0 saturated carbocycles. The number of esters is 1. The van der Waals surface area contributed by atoms with Crippen LogP contribution in [0.2, 0.25) is 0 Å². The Labute approximate surface area is 153 Å². The van der Waals surface area contributed by atoms with Crippen molar-refractivity contribution in [3.63, 3.8) is 0 Å². The number of carbonyl (C=O) groups is 2. The summed E-state index contributed by atoms with van der Waals surface area (Å²) in [6.07, 6.45) is 3.24. The molecule has 1 aliphatic rings. The molecule has 0 saturated heterocycles. The lowest BCUT2D eigenvalue weighted by Crippen LogP contribution is -2.15. The first-order chi connectivity index (χ1) is 11.8. The molecule has 1 aromatic carbocycles. The standard InChI is InChI=1S/C21H24O3S/c1-12-5-6-19-16(7-12)10-20(25-19)21(23)24-11-18(22)17-9-14(3)13(2)8-15(17)4/h8-10,12H,5-7,11H2,1-4H3. The fourth-order valence-corrected chi connectivity index (χ4v) is 4.45. The van der Waals surface area contributed by atoms with Crippen LogP contribution >= 0.6 is 11.3 Å². The fraction of sp³-hybridized carbons (Fsp3) is 0.429. The summed E-state index contributed by atoms with van der Waals surface area (Å²) in [5.41, 5.74) is 5.05. The lowest BCUT2D eigenvalue weighted by molar-refractivity contribution is 0.0479. The van der Waals surface area contributed by atoms with E-state index < -0.39 is 0 Å². The molecule has 132 valence electrons. The molecule has 3 nitrogen and oxygen atoms in total. The van der Waals surface area contributed by atoms with Crippen molar-refractivity contribution in [3.05, 3.63) is 55.8 Å². The predicted octanol–water partition coefficient (Wildman–Crippen LogP) is 4.84. The molecule has 0 N–H and O–H groups in total. The minimum Gasteiger partial charge on any atom is -0.453 e. The van der Waals surface area contributed by atoms with Crippen LogP contribution in [0.25, 0.3) is 0 Å². The number of ether oxygens (including phenoxy) is 1. The Hall–Kier alpha value is -1.94. The van der Waals surface area contributed by atoms with Gasteiger partial charge in [0.2, 0.25) is 5.78 Å². The highest BCUT2D eigenvalue weighted by atomic mass is 32.1. The number of fused-ring (bicyclic) bond motifs is 1. The van der Waals surface area contributed by atoms with Crippen molar-refractivity contribution in [2.24, 2.45) is 5.92 Å². The molecule has 0 fully saturated rings. The van der Waals surface area contributed by atoms with Gasteiger partial charge in [-0.2, -0.15) is 0 Å². The van der Waals surface area contributed by atoms with Crippen molar-refractivity contribution >= 4 is 23.1 Å². The van der Waals surface area contributed by atoms with Crippen LogP contribution in [0.3, 0.4) is 0 Å². The van der Waals surface area contributed by atoms with E-state index in [9.17, 15) is 9.59 Å². The van der Waals surface area contributed by atoms with Gasteiger partial charge in [-0.15, -0.1) is 11.3 Å². The van der Waals surface area contributed by atoms with Gasteiger partial charge in [-0.25, -0.2) is 4.79 Å². The normalized spacial score (nSPS) is 16.4. The van der Waals surface area contributed by atoms with Crippen LogP contribution in [0.1, 0.15) is 60.5 Å². The van der Waals surface area contributed by atoms with E-state index in [1.807, 2.05) is 39.0 Å². The Morgan fingerprint density at radius 1 is 1.12 bits per heavy atom. The number of ketones is 1. The molecule has 0 amide bonds. The first kappa shape index (κ1) is 17.9. The largest absolute Gasteiger partial charge is 0.453 e. The van der Waals surface area contributed by atoms with Crippen LogP contribution in [0.15, 0.2) is 18.2 Å². The molecule has 1 unspecified atom stereocenters. The summed E-state index contributed by atoms with van der Waals surface area (Å²) in [5.74, 6) is 0.131. The van der Waals surface area contributed by atoms with Crippen molar-refractivity contribution in [1.82, 2.24) is 0 Å². The van der Waals surface area contributed by atoms with Crippen molar-refractivity contribution in [2.75, 3.05) is 6.61 Å². The Balaban J connectivity index is 1.66. The van der Waals surface area contributed by atoms with Crippen molar-refractivity contribution in [3.8, 4) is 0 Å². The molecular weight excluding hydrogens is 332 g/mol. The third-order valence-corrected chi connectivity index (χ3v) is 6.22. The highest BCUT2D eigenvalue weighted by molar-refractivity contribution is 7.14. The van der Waals surface area contributed by atoms with Gasteiger partial charge in [0.25, 0.3) is 0 Å². The predicted molar refractivity (Wildman–Crippen MR) is 101 cm³/mol. The van der Waals surface area contributed by atoms with Gasteiger partial charge in [0.1, 0.15) is 4.88 Å². The molecule has 1 aromatic heterocycles. The summed E-state index contributed by atoms with van der Waals surface area (Å²) in [4.78, 5) is 26.7. The zero-order valence-electron chi connectivity index (χ0n) is 15.3. The quantitative estimate of drug-likeness (QED) is 0.582. The molecule has 1 atom stereocenters. The Kier molecular flexibility index (Phi) is 5.09. The third kappa shape index (κ3) is 3.84. The topological polar surface area (TPSA) is 43.4 Å². The number of carbonyl (C=O) groups excluding carboxylic acids is 2. The van der Waals surface area contributed by atoms with Crippen molar-refractivity contribution in [2.45, 2.75) is 47.0 Å². The maximum absolute atomic E-state index is 12.4. The van der Waals surface area contributed by atoms with Crippen LogP contribution in [-0.2, 0) is 17.6 Å².